The first-order chi connectivity index (χ1) is 13.5. The summed E-state index contributed by atoms with van der Waals surface area (Å²) < 4.78 is 10.7. The Bertz CT molecular complexity index is 794. The molecule has 1 heterocycles. The van der Waals surface area contributed by atoms with Gasteiger partial charge in [0.25, 0.3) is 11.8 Å². The number of nitrogens with zero attached hydrogens (tertiary/aromatic N) is 1. The van der Waals surface area contributed by atoms with Crippen LogP contribution in [0.25, 0.3) is 0 Å². The summed E-state index contributed by atoms with van der Waals surface area (Å²) >= 11 is 0. The quantitative estimate of drug-likeness (QED) is 0.834. The van der Waals surface area contributed by atoms with Crippen LogP contribution < -0.4 is 14.8 Å². The highest BCUT2D eigenvalue weighted by Crippen LogP contribution is 2.15. The minimum Gasteiger partial charge on any atom is -0.497 e. The van der Waals surface area contributed by atoms with Crippen LogP contribution in [-0.4, -0.2) is 49.6 Å². The normalized spacial score (nSPS) is 14.4. The standard InChI is InChI=1S/C22H26N2O4/c1-16-3-7-20(8-4-16)28-15-21(25)24-13-11-18(12-14-24)23-22(26)17-5-9-19(27-2)10-6-17/h3-10,18H,11-15H2,1-2H3,(H,23,26). The van der Waals surface area contributed by atoms with Crippen molar-refractivity contribution in [2.75, 3.05) is 26.8 Å². The lowest BCUT2D eigenvalue weighted by atomic mass is 10.0. The molecule has 0 unspecified atom stereocenters. The lowest BCUT2D eigenvalue weighted by molar-refractivity contribution is -0.134. The number of methoxy groups -OCH3 is 1. The number of carbonyl (C=O) groups excluding carboxylic acids is 2. The van der Waals surface area contributed by atoms with Crippen molar-refractivity contribution in [1.29, 1.82) is 0 Å². The maximum Gasteiger partial charge on any atom is 0.260 e. The van der Waals surface area contributed by atoms with E-state index in [0.717, 1.165) is 24.2 Å². The number of hydrogen-bond donors (Lipinski definition) is 1. The minimum atomic E-state index is -0.102. The van der Waals surface area contributed by atoms with Gasteiger partial charge in [-0.3, -0.25) is 9.59 Å². The molecular weight excluding hydrogens is 356 g/mol. The molecule has 1 aliphatic heterocycles. The van der Waals surface area contributed by atoms with Crippen LogP contribution in [0.2, 0.25) is 0 Å². The van der Waals surface area contributed by atoms with Gasteiger partial charge in [-0.05, 0) is 56.2 Å². The zero-order valence-electron chi connectivity index (χ0n) is 16.3. The van der Waals surface area contributed by atoms with Crippen LogP contribution in [0.3, 0.4) is 0 Å². The van der Waals surface area contributed by atoms with Crippen molar-refractivity contribution in [3.05, 3.63) is 59.7 Å². The predicted octanol–water partition coefficient (Wildman–Crippen LogP) is 2.80. The Balaban J connectivity index is 1.42. The Morgan fingerprint density at radius 3 is 2.21 bits per heavy atom. The number of hydrogen-bond acceptors (Lipinski definition) is 4. The van der Waals surface area contributed by atoms with Gasteiger partial charge in [-0.25, -0.2) is 0 Å². The molecule has 0 atom stereocenters. The third-order valence-electron chi connectivity index (χ3n) is 4.92. The second kappa shape index (κ2) is 9.26. The van der Waals surface area contributed by atoms with Crippen molar-refractivity contribution in [1.82, 2.24) is 10.2 Å². The second-order valence-corrected chi connectivity index (χ2v) is 6.96. The highest BCUT2D eigenvalue weighted by molar-refractivity contribution is 5.94. The molecule has 3 rings (SSSR count). The van der Waals surface area contributed by atoms with Crippen LogP contribution in [0.1, 0.15) is 28.8 Å². The van der Waals surface area contributed by atoms with Gasteiger partial charge in [0.05, 0.1) is 7.11 Å². The smallest absolute Gasteiger partial charge is 0.260 e. The molecule has 0 radical (unpaired) electrons. The van der Waals surface area contributed by atoms with Gasteiger partial charge >= 0.3 is 0 Å². The van der Waals surface area contributed by atoms with E-state index in [1.54, 1.807) is 36.3 Å². The molecule has 2 aromatic carbocycles. The van der Waals surface area contributed by atoms with E-state index in [2.05, 4.69) is 5.32 Å². The molecule has 0 saturated carbocycles. The lowest BCUT2D eigenvalue weighted by Crippen LogP contribution is -2.47. The molecule has 148 valence electrons. The lowest BCUT2D eigenvalue weighted by Gasteiger charge is -2.32. The summed E-state index contributed by atoms with van der Waals surface area (Å²) in [5.41, 5.74) is 1.75. The Hall–Kier alpha value is -3.02. The average Bonchev–Trinajstić information content (AvgIpc) is 2.73. The summed E-state index contributed by atoms with van der Waals surface area (Å²) in [6.45, 7) is 3.27. The van der Waals surface area contributed by atoms with E-state index < -0.39 is 0 Å². The molecule has 0 aliphatic carbocycles. The summed E-state index contributed by atoms with van der Waals surface area (Å²) in [5.74, 6) is 1.28. The molecule has 1 aliphatic rings. The Morgan fingerprint density at radius 1 is 1.00 bits per heavy atom. The Morgan fingerprint density at radius 2 is 1.61 bits per heavy atom. The largest absolute Gasteiger partial charge is 0.497 e. The van der Waals surface area contributed by atoms with Crippen LogP contribution in [0.15, 0.2) is 48.5 Å². The van der Waals surface area contributed by atoms with Crippen molar-refractivity contribution < 1.29 is 19.1 Å². The van der Waals surface area contributed by atoms with Crippen LogP contribution >= 0.6 is 0 Å². The summed E-state index contributed by atoms with van der Waals surface area (Å²) in [5, 5.41) is 3.05. The first-order valence-electron chi connectivity index (χ1n) is 9.47. The van der Waals surface area contributed by atoms with Gasteiger partial charge in [-0.1, -0.05) is 17.7 Å². The number of rotatable bonds is 6. The number of carbonyl (C=O) groups is 2. The van der Waals surface area contributed by atoms with Crippen LogP contribution in [0.5, 0.6) is 11.5 Å². The summed E-state index contributed by atoms with van der Waals surface area (Å²) in [4.78, 5) is 26.5. The molecular formula is C22H26N2O4. The van der Waals surface area contributed by atoms with Gasteiger partial charge in [0.1, 0.15) is 11.5 Å². The molecule has 6 heteroatoms. The second-order valence-electron chi connectivity index (χ2n) is 6.96. The van der Waals surface area contributed by atoms with E-state index >= 15 is 0 Å². The van der Waals surface area contributed by atoms with Gasteiger partial charge in [0, 0.05) is 24.7 Å². The highest BCUT2D eigenvalue weighted by Gasteiger charge is 2.24. The maximum atomic E-state index is 12.4. The maximum absolute atomic E-state index is 12.4. The van der Waals surface area contributed by atoms with E-state index in [-0.39, 0.29) is 24.5 Å². The van der Waals surface area contributed by atoms with Crippen LogP contribution in [-0.2, 0) is 4.79 Å². The zero-order chi connectivity index (χ0) is 19.9. The molecule has 1 fully saturated rings. The minimum absolute atomic E-state index is 0.0273. The van der Waals surface area contributed by atoms with Crippen molar-refractivity contribution in [2.24, 2.45) is 0 Å². The molecule has 2 aromatic rings. The van der Waals surface area contributed by atoms with Gasteiger partial charge in [0.2, 0.25) is 0 Å². The fourth-order valence-corrected chi connectivity index (χ4v) is 3.16. The molecule has 0 bridgehead atoms. The van der Waals surface area contributed by atoms with Gasteiger partial charge in [0.15, 0.2) is 6.61 Å². The van der Waals surface area contributed by atoms with Crippen molar-refractivity contribution in [3.63, 3.8) is 0 Å². The van der Waals surface area contributed by atoms with E-state index in [1.165, 1.54) is 0 Å². The molecule has 0 aromatic heterocycles. The zero-order valence-corrected chi connectivity index (χ0v) is 16.3. The van der Waals surface area contributed by atoms with Crippen molar-refractivity contribution in [3.8, 4) is 11.5 Å². The van der Waals surface area contributed by atoms with E-state index in [9.17, 15) is 9.59 Å². The molecule has 1 saturated heterocycles. The number of nitrogens with one attached hydrogen (secondary N) is 1. The summed E-state index contributed by atoms with van der Waals surface area (Å²) in [6, 6.07) is 14.7. The molecule has 28 heavy (non-hydrogen) atoms. The van der Waals surface area contributed by atoms with E-state index in [0.29, 0.717) is 24.4 Å². The highest BCUT2D eigenvalue weighted by atomic mass is 16.5. The number of ether oxygens (including phenoxy) is 2. The molecule has 6 nitrogen and oxygen atoms in total. The third kappa shape index (κ3) is 5.25. The summed E-state index contributed by atoms with van der Waals surface area (Å²) in [6.07, 6.45) is 1.47. The van der Waals surface area contributed by atoms with Crippen molar-refractivity contribution in [2.45, 2.75) is 25.8 Å². The molecule has 0 spiro atoms. The number of piperidine rings is 1. The van der Waals surface area contributed by atoms with Crippen LogP contribution in [0, 0.1) is 6.92 Å². The molecule has 2 amide bonds. The third-order valence-corrected chi connectivity index (χ3v) is 4.92. The first kappa shape index (κ1) is 19.7. The number of amides is 2. The van der Waals surface area contributed by atoms with Gasteiger partial charge in [-0.15, -0.1) is 0 Å². The summed E-state index contributed by atoms with van der Waals surface area (Å²) in [7, 11) is 1.59. The Kier molecular flexibility index (Phi) is 6.53. The van der Waals surface area contributed by atoms with E-state index in [1.807, 2.05) is 31.2 Å². The fraction of sp³-hybridized carbons (Fsp3) is 0.364. The van der Waals surface area contributed by atoms with Gasteiger partial charge < -0.3 is 19.7 Å². The Labute approximate surface area is 165 Å². The topological polar surface area (TPSA) is 67.9 Å². The average molecular weight is 382 g/mol. The first-order valence-corrected chi connectivity index (χ1v) is 9.47. The monoisotopic (exact) mass is 382 g/mol. The number of benzene rings is 2. The van der Waals surface area contributed by atoms with Crippen LogP contribution in [0.4, 0.5) is 0 Å². The van der Waals surface area contributed by atoms with E-state index in [4.69, 9.17) is 9.47 Å². The van der Waals surface area contributed by atoms with Crippen molar-refractivity contribution >= 4 is 11.8 Å². The fourth-order valence-electron chi connectivity index (χ4n) is 3.16. The van der Waals surface area contributed by atoms with Gasteiger partial charge in [-0.2, -0.15) is 0 Å². The SMILES string of the molecule is COc1ccc(C(=O)NC2CCN(C(=O)COc3ccc(C)cc3)CC2)cc1. The number of aryl methyl sites for hydroxylation is 1. The predicted molar refractivity (Wildman–Crippen MR) is 107 cm³/mol. The molecule has 1 N–H and O–H groups in total. The number of likely N-dealkylation sites (tertiary alicyclic amines) is 1.